The maximum atomic E-state index is 13.2. The number of likely N-dealkylation sites (N-methyl/N-ethyl adjacent to an activating group) is 1. The van der Waals surface area contributed by atoms with Crippen molar-refractivity contribution in [1.29, 1.82) is 0 Å². The topological polar surface area (TPSA) is 129 Å². The van der Waals surface area contributed by atoms with E-state index < -0.39 is 59.7 Å². The lowest BCUT2D eigenvalue weighted by atomic mass is 9.74. The zero-order valence-corrected chi connectivity index (χ0v) is 22.2. The van der Waals surface area contributed by atoms with Gasteiger partial charge in [0, 0.05) is 24.8 Å². The first-order valence-electron chi connectivity index (χ1n) is 12.5. The van der Waals surface area contributed by atoms with E-state index in [1.54, 1.807) is 19.9 Å². The van der Waals surface area contributed by atoms with Gasteiger partial charge in [-0.2, -0.15) is 0 Å². The molecule has 4 rings (SSSR count). The number of aliphatic hydroxyl groups excluding tert-OH is 1. The van der Waals surface area contributed by atoms with E-state index in [1.807, 2.05) is 26.8 Å². The molecule has 0 aliphatic carbocycles. The average molecular weight is 518 g/mol. The highest BCUT2D eigenvalue weighted by Crippen LogP contribution is 2.53. The first-order valence-corrected chi connectivity index (χ1v) is 12.5. The second-order valence-electron chi connectivity index (χ2n) is 10.6. The van der Waals surface area contributed by atoms with Crippen LogP contribution in [-0.2, 0) is 38.1 Å². The van der Waals surface area contributed by atoms with E-state index in [2.05, 4.69) is 0 Å². The van der Waals surface area contributed by atoms with Crippen molar-refractivity contribution >= 4 is 23.4 Å². The van der Waals surface area contributed by atoms with Crippen molar-refractivity contribution in [2.24, 2.45) is 23.7 Å². The second-order valence-corrected chi connectivity index (χ2v) is 10.6. The molecule has 4 heterocycles. The maximum absolute atomic E-state index is 13.2. The molecule has 0 saturated carbocycles. The molecule has 0 aromatic heterocycles. The first kappa shape index (κ1) is 27.2. The molecule has 4 aliphatic heterocycles. The fourth-order valence-corrected chi connectivity index (χ4v) is 6.06. The van der Waals surface area contributed by atoms with Gasteiger partial charge in [-0.15, -0.1) is 0 Å². The Balaban J connectivity index is 1.61. The van der Waals surface area contributed by atoms with Crippen LogP contribution in [0.1, 0.15) is 34.6 Å². The van der Waals surface area contributed by atoms with Crippen molar-refractivity contribution in [2.75, 3.05) is 20.7 Å². The summed E-state index contributed by atoms with van der Waals surface area (Å²) in [6.45, 7) is 9.09. The summed E-state index contributed by atoms with van der Waals surface area (Å²) in [5, 5.41) is 10.3. The molecular formula is C27H35NO9. The Kier molecular flexibility index (Phi) is 7.22. The molecule has 4 fully saturated rings. The Morgan fingerprint density at radius 2 is 1.86 bits per heavy atom. The van der Waals surface area contributed by atoms with Gasteiger partial charge >= 0.3 is 5.97 Å². The summed E-state index contributed by atoms with van der Waals surface area (Å²) >= 11 is 0. The molecule has 0 radical (unpaired) electrons. The highest BCUT2D eigenvalue weighted by Gasteiger charge is 2.71. The van der Waals surface area contributed by atoms with Crippen LogP contribution in [0.5, 0.6) is 0 Å². The van der Waals surface area contributed by atoms with Gasteiger partial charge in [0.2, 0.25) is 5.79 Å². The summed E-state index contributed by atoms with van der Waals surface area (Å²) in [6.07, 6.45) is 2.29. The molecule has 4 aliphatic rings. The van der Waals surface area contributed by atoms with Gasteiger partial charge in [0.25, 0.3) is 5.91 Å². The Bertz CT molecular complexity index is 1110. The Morgan fingerprint density at radius 1 is 1.19 bits per heavy atom. The molecule has 1 N–H and O–H groups in total. The summed E-state index contributed by atoms with van der Waals surface area (Å²) in [7, 11) is 2.80. The number of hydrogen-bond donors (Lipinski definition) is 1. The molecule has 2 bridgehead atoms. The zero-order chi connectivity index (χ0) is 27.4. The molecule has 9 atom stereocenters. The molecule has 37 heavy (non-hydrogen) atoms. The molecule has 10 heteroatoms. The Morgan fingerprint density at radius 3 is 2.46 bits per heavy atom. The van der Waals surface area contributed by atoms with E-state index in [0.29, 0.717) is 0 Å². The quantitative estimate of drug-likeness (QED) is 0.191. The van der Waals surface area contributed by atoms with Crippen molar-refractivity contribution < 1.29 is 43.2 Å². The minimum Gasteiger partial charge on any atom is -0.507 e. The standard InChI is InChI=1S/C27H35NO9/c1-12(8-9-17(29)19-18(30)11-28(6)25(19)32)10-13(2)22-15(4)23-21(31)14(3)24-27(36-22,37-23)20(16(5)35-24)26(33)34-7/h8-10,13-16,20,22-24,29H,11H2,1-7H3/b9-8+,12-10+,19-17?/t13-,14+,15+,16+,20+,22+,23+,24+,27+/m0/s1. The normalized spacial score (nSPS) is 40.3. The van der Waals surface area contributed by atoms with Crippen LogP contribution in [0.25, 0.3) is 0 Å². The van der Waals surface area contributed by atoms with Crippen molar-refractivity contribution in [3.8, 4) is 0 Å². The van der Waals surface area contributed by atoms with Gasteiger partial charge in [-0.25, -0.2) is 0 Å². The first-order chi connectivity index (χ1) is 17.3. The highest BCUT2D eigenvalue weighted by atomic mass is 16.8. The number of aliphatic hydroxyl groups is 1. The van der Waals surface area contributed by atoms with Crippen LogP contribution in [0.15, 0.2) is 35.1 Å². The van der Waals surface area contributed by atoms with E-state index in [4.69, 9.17) is 18.9 Å². The number of likely N-dealkylation sites (tertiary alicyclic amines) is 1. The van der Waals surface area contributed by atoms with Crippen molar-refractivity contribution in [2.45, 2.75) is 64.8 Å². The molecule has 0 aromatic rings. The molecule has 10 nitrogen and oxygen atoms in total. The number of fused-ring (bicyclic) bond motifs is 1. The van der Waals surface area contributed by atoms with E-state index >= 15 is 0 Å². The number of ether oxygens (including phenoxy) is 4. The zero-order valence-electron chi connectivity index (χ0n) is 22.2. The lowest BCUT2D eigenvalue weighted by Crippen LogP contribution is -2.70. The van der Waals surface area contributed by atoms with Crippen LogP contribution in [-0.4, -0.2) is 84.4 Å². The number of rotatable bonds is 5. The Hall–Kier alpha value is -2.82. The number of methoxy groups -OCH3 is 1. The molecule has 1 amide bonds. The number of esters is 1. The van der Waals surface area contributed by atoms with E-state index in [1.165, 1.54) is 25.1 Å². The molecule has 202 valence electrons. The summed E-state index contributed by atoms with van der Waals surface area (Å²) < 4.78 is 23.9. The van der Waals surface area contributed by atoms with Crippen LogP contribution in [0.2, 0.25) is 0 Å². The van der Waals surface area contributed by atoms with E-state index in [9.17, 15) is 24.3 Å². The molecule has 0 aromatic carbocycles. The number of allylic oxidation sites excluding steroid dienone is 3. The van der Waals surface area contributed by atoms with Crippen molar-refractivity contribution in [1.82, 2.24) is 4.90 Å². The second kappa shape index (κ2) is 9.81. The summed E-state index contributed by atoms with van der Waals surface area (Å²) in [5.74, 6) is -5.26. The minimum atomic E-state index is -1.44. The number of Topliss-reactive ketones (excluding diaryl/α,β-unsaturated/α-hetero) is 2. The summed E-state index contributed by atoms with van der Waals surface area (Å²) in [6, 6.07) is 0. The Labute approximate surface area is 216 Å². The fourth-order valence-electron chi connectivity index (χ4n) is 6.06. The number of carbonyl (C=O) groups is 4. The number of nitrogens with zero attached hydrogens (tertiary/aromatic N) is 1. The predicted octanol–water partition coefficient (Wildman–Crippen LogP) is 1.89. The fraction of sp³-hybridized carbons (Fsp3) is 0.630. The molecule has 0 unspecified atom stereocenters. The van der Waals surface area contributed by atoms with Crippen LogP contribution in [0.3, 0.4) is 0 Å². The lowest BCUT2D eigenvalue weighted by Gasteiger charge is -2.54. The largest absolute Gasteiger partial charge is 0.507 e. The average Bonchev–Trinajstić information content (AvgIpc) is 3.27. The van der Waals surface area contributed by atoms with Crippen molar-refractivity contribution in [3.63, 3.8) is 0 Å². The van der Waals surface area contributed by atoms with Gasteiger partial charge in [0.15, 0.2) is 11.6 Å². The van der Waals surface area contributed by atoms with Crippen LogP contribution >= 0.6 is 0 Å². The van der Waals surface area contributed by atoms with Crippen LogP contribution in [0, 0.1) is 23.7 Å². The molecule has 4 saturated heterocycles. The smallest absolute Gasteiger partial charge is 0.316 e. The summed E-state index contributed by atoms with van der Waals surface area (Å²) in [4.78, 5) is 51.4. The third-order valence-corrected chi connectivity index (χ3v) is 7.95. The SMILES string of the molecule is COC(=O)[C@H]1[C@@H](C)O[C@@H]2[C@H](C)C(=O)[C@@H]3O[C@@]21O[C@H]([C@@H](C)/C=C(C)/C=C/C(O)=C1C(=O)CN(C)C1=O)[C@H]3C. The number of hydrogen-bond acceptors (Lipinski definition) is 9. The van der Waals surface area contributed by atoms with E-state index in [0.717, 1.165) is 5.57 Å². The van der Waals surface area contributed by atoms with Gasteiger partial charge in [-0.05, 0) is 19.9 Å². The van der Waals surface area contributed by atoms with Gasteiger partial charge in [0.1, 0.15) is 29.5 Å². The predicted molar refractivity (Wildman–Crippen MR) is 130 cm³/mol. The van der Waals surface area contributed by atoms with Gasteiger partial charge in [-0.3, -0.25) is 19.2 Å². The molecular weight excluding hydrogens is 482 g/mol. The highest BCUT2D eigenvalue weighted by molar-refractivity contribution is 6.25. The number of amides is 1. The minimum absolute atomic E-state index is 0.0625. The van der Waals surface area contributed by atoms with Gasteiger partial charge < -0.3 is 29.0 Å². The molecule has 1 spiro atoms. The van der Waals surface area contributed by atoms with E-state index in [-0.39, 0.29) is 35.5 Å². The summed E-state index contributed by atoms with van der Waals surface area (Å²) in [5.41, 5.74) is 0.517. The van der Waals surface area contributed by atoms with Crippen LogP contribution < -0.4 is 0 Å². The van der Waals surface area contributed by atoms with Gasteiger partial charge in [-0.1, -0.05) is 38.5 Å². The monoisotopic (exact) mass is 517 g/mol. The third-order valence-electron chi connectivity index (χ3n) is 7.95. The number of carbonyl (C=O) groups excluding carboxylic acids is 4. The van der Waals surface area contributed by atoms with Crippen molar-refractivity contribution in [3.05, 3.63) is 35.1 Å². The lowest BCUT2D eigenvalue weighted by molar-refractivity contribution is -0.373. The maximum Gasteiger partial charge on any atom is 0.316 e. The van der Waals surface area contributed by atoms with Gasteiger partial charge in [0.05, 0.1) is 25.9 Å². The van der Waals surface area contributed by atoms with Crippen LogP contribution in [0.4, 0.5) is 0 Å². The number of ketones is 2. The third kappa shape index (κ3) is 4.34.